The number of nitrogens with zero attached hydrogens (tertiary/aromatic N) is 2. The molecule has 25 heavy (non-hydrogen) atoms. The van der Waals surface area contributed by atoms with Crippen LogP contribution in [0.25, 0.3) is 21.8 Å². The molecule has 4 nitrogen and oxygen atoms in total. The molecule has 0 aliphatic carbocycles. The fourth-order valence-corrected chi connectivity index (χ4v) is 4.50. The first kappa shape index (κ1) is 16.4. The number of hydrogen-bond acceptors (Lipinski definition) is 2. The van der Waals surface area contributed by atoms with Crippen LogP contribution in [0.15, 0.2) is 42.5 Å². The Morgan fingerprint density at radius 3 is 2.72 bits per heavy atom. The lowest BCUT2D eigenvalue weighted by molar-refractivity contribution is 0.0783. The van der Waals surface area contributed by atoms with Crippen LogP contribution >= 0.6 is 12.4 Å². The maximum absolute atomic E-state index is 13.0. The lowest BCUT2D eigenvalue weighted by Crippen LogP contribution is -2.33. The van der Waals surface area contributed by atoms with Gasteiger partial charge < -0.3 is 14.8 Å². The molecule has 0 radical (unpaired) electrons. The summed E-state index contributed by atoms with van der Waals surface area (Å²) in [6.07, 6.45) is 1.19. The maximum Gasteiger partial charge on any atom is 0.253 e. The third kappa shape index (κ3) is 2.43. The van der Waals surface area contributed by atoms with Crippen molar-refractivity contribution in [1.29, 1.82) is 0 Å². The molecule has 5 heteroatoms. The van der Waals surface area contributed by atoms with Crippen LogP contribution in [-0.4, -0.2) is 41.1 Å². The Balaban J connectivity index is 0.00000157. The van der Waals surface area contributed by atoms with Crippen molar-refractivity contribution in [2.24, 2.45) is 13.0 Å². The maximum atomic E-state index is 13.0. The number of halogens is 1. The third-order valence-corrected chi connectivity index (χ3v) is 5.81. The van der Waals surface area contributed by atoms with Crippen LogP contribution < -0.4 is 5.32 Å². The molecule has 5 rings (SSSR count). The van der Waals surface area contributed by atoms with E-state index >= 15 is 0 Å². The van der Waals surface area contributed by atoms with Gasteiger partial charge in [-0.25, -0.2) is 0 Å². The molecule has 0 spiro atoms. The van der Waals surface area contributed by atoms with Gasteiger partial charge in [0.05, 0.1) is 0 Å². The van der Waals surface area contributed by atoms with Crippen molar-refractivity contribution in [3.63, 3.8) is 0 Å². The molecule has 1 amide bonds. The van der Waals surface area contributed by atoms with Crippen molar-refractivity contribution >= 4 is 40.1 Å². The van der Waals surface area contributed by atoms with E-state index in [0.717, 1.165) is 30.6 Å². The smallest absolute Gasteiger partial charge is 0.253 e. The highest BCUT2D eigenvalue weighted by Crippen LogP contribution is 2.30. The van der Waals surface area contributed by atoms with Gasteiger partial charge in [0.25, 0.3) is 5.91 Å². The number of nitrogens with one attached hydrogen (secondary N) is 1. The molecule has 130 valence electrons. The zero-order valence-electron chi connectivity index (χ0n) is 14.2. The van der Waals surface area contributed by atoms with E-state index in [1.54, 1.807) is 0 Å². The second-order valence-electron chi connectivity index (χ2n) is 7.13. The first-order valence-electron chi connectivity index (χ1n) is 8.72. The molecule has 3 aromatic rings. The van der Waals surface area contributed by atoms with E-state index in [1.165, 1.54) is 22.8 Å². The lowest BCUT2D eigenvalue weighted by Gasteiger charge is -2.17. The molecule has 1 N–H and O–H groups in total. The number of aromatic nitrogens is 1. The number of aryl methyl sites for hydroxylation is 1. The average Bonchev–Trinajstić information content (AvgIpc) is 3.28. The summed E-state index contributed by atoms with van der Waals surface area (Å²) in [7, 11) is 2.08. The van der Waals surface area contributed by atoms with E-state index in [9.17, 15) is 4.79 Å². The number of carbonyl (C=O) groups is 1. The number of hydrogen-bond donors (Lipinski definition) is 1. The summed E-state index contributed by atoms with van der Waals surface area (Å²) >= 11 is 0. The van der Waals surface area contributed by atoms with E-state index in [2.05, 4.69) is 53.3 Å². The second-order valence-corrected chi connectivity index (χ2v) is 7.13. The number of likely N-dealkylation sites (tertiary alicyclic amines) is 1. The number of para-hydroxylation sites is 1. The zero-order valence-corrected chi connectivity index (χ0v) is 15.1. The van der Waals surface area contributed by atoms with Gasteiger partial charge in [-0.3, -0.25) is 4.79 Å². The number of fused-ring (bicyclic) bond motifs is 4. The second kappa shape index (κ2) is 6.04. The summed E-state index contributed by atoms with van der Waals surface area (Å²) < 4.78 is 2.20. The topological polar surface area (TPSA) is 37.3 Å². The molecule has 2 aliphatic heterocycles. The highest BCUT2D eigenvalue weighted by Gasteiger charge is 2.38. The molecule has 2 aromatic carbocycles. The summed E-state index contributed by atoms with van der Waals surface area (Å²) in [5.41, 5.74) is 3.18. The number of benzene rings is 2. The highest BCUT2D eigenvalue weighted by atomic mass is 35.5. The molecule has 0 bridgehead atoms. The quantitative estimate of drug-likeness (QED) is 0.728. The fourth-order valence-electron chi connectivity index (χ4n) is 4.50. The summed E-state index contributed by atoms with van der Waals surface area (Å²) in [4.78, 5) is 15.0. The van der Waals surface area contributed by atoms with Crippen molar-refractivity contribution in [1.82, 2.24) is 14.8 Å². The van der Waals surface area contributed by atoms with E-state index in [0.29, 0.717) is 12.0 Å². The van der Waals surface area contributed by atoms with E-state index < -0.39 is 0 Å². The Kier molecular flexibility index (Phi) is 3.97. The SMILES string of the molecule is Cl.Cn1c2ccccc2c2cc(C(=O)N3C[C@@H]4CCN[C@@H]4C3)ccc21. The van der Waals surface area contributed by atoms with E-state index in [1.807, 2.05) is 11.0 Å². The van der Waals surface area contributed by atoms with Crippen LogP contribution in [0.2, 0.25) is 0 Å². The Hall–Kier alpha value is -2.04. The Bertz CT molecular complexity index is 952. The first-order valence-corrected chi connectivity index (χ1v) is 8.72. The normalized spacial score (nSPS) is 22.4. The minimum atomic E-state index is 0. The monoisotopic (exact) mass is 355 g/mol. The number of carbonyl (C=O) groups excluding carboxylic acids is 1. The molecule has 2 aliphatic rings. The van der Waals surface area contributed by atoms with Gasteiger partial charge in [0.2, 0.25) is 0 Å². The predicted molar refractivity (Wildman–Crippen MR) is 103 cm³/mol. The Morgan fingerprint density at radius 1 is 1.08 bits per heavy atom. The van der Waals surface area contributed by atoms with Crippen LogP contribution in [-0.2, 0) is 7.05 Å². The summed E-state index contributed by atoms with van der Waals surface area (Å²) in [6, 6.07) is 15.0. The van der Waals surface area contributed by atoms with Gasteiger partial charge >= 0.3 is 0 Å². The molecule has 2 atom stereocenters. The third-order valence-electron chi connectivity index (χ3n) is 5.81. The minimum Gasteiger partial charge on any atom is -0.344 e. The predicted octanol–water partition coefficient (Wildman–Crippen LogP) is 3.19. The average molecular weight is 356 g/mol. The molecule has 3 heterocycles. The molecule has 0 unspecified atom stereocenters. The van der Waals surface area contributed by atoms with Gasteiger partial charge in [-0.2, -0.15) is 0 Å². The van der Waals surface area contributed by atoms with Crippen LogP contribution in [0.5, 0.6) is 0 Å². The van der Waals surface area contributed by atoms with Gasteiger partial charge in [0.15, 0.2) is 0 Å². The van der Waals surface area contributed by atoms with Crippen molar-refractivity contribution in [2.75, 3.05) is 19.6 Å². The highest BCUT2D eigenvalue weighted by molar-refractivity contribution is 6.10. The summed E-state index contributed by atoms with van der Waals surface area (Å²) in [5.74, 6) is 0.802. The standard InChI is InChI=1S/C20H21N3O.ClH/c1-22-18-5-3-2-4-15(18)16-10-13(6-7-19(16)22)20(24)23-11-14-8-9-21-17(14)12-23;/h2-7,10,14,17,21H,8-9,11-12H2,1H3;1H/t14-,17+;/m0./s1. The van der Waals surface area contributed by atoms with E-state index in [4.69, 9.17) is 0 Å². The number of rotatable bonds is 1. The van der Waals surface area contributed by atoms with Crippen LogP contribution in [0, 0.1) is 5.92 Å². The number of amides is 1. The van der Waals surface area contributed by atoms with Gasteiger partial charge in [-0.05, 0) is 43.1 Å². The van der Waals surface area contributed by atoms with E-state index in [-0.39, 0.29) is 18.3 Å². The van der Waals surface area contributed by atoms with Gasteiger partial charge in [-0.1, -0.05) is 18.2 Å². The van der Waals surface area contributed by atoms with Crippen LogP contribution in [0.1, 0.15) is 16.8 Å². The van der Waals surface area contributed by atoms with Crippen molar-refractivity contribution in [3.05, 3.63) is 48.0 Å². The summed E-state index contributed by atoms with van der Waals surface area (Å²) in [6.45, 7) is 2.83. The molecule has 2 fully saturated rings. The van der Waals surface area contributed by atoms with Crippen molar-refractivity contribution < 1.29 is 4.79 Å². The van der Waals surface area contributed by atoms with Gasteiger partial charge in [-0.15, -0.1) is 12.4 Å². The van der Waals surface area contributed by atoms with Gasteiger partial charge in [0.1, 0.15) is 0 Å². The molecule has 1 aromatic heterocycles. The molecule has 2 saturated heterocycles. The van der Waals surface area contributed by atoms with Gasteiger partial charge in [0, 0.05) is 53.5 Å². The molecular weight excluding hydrogens is 334 g/mol. The zero-order chi connectivity index (χ0) is 16.3. The van der Waals surface area contributed by atoms with Crippen LogP contribution in [0.4, 0.5) is 0 Å². The Morgan fingerprint density at radius 2 is 1.88 bits per heavy atom. The first-order chi connectivity index (χ1) is 11.7. The van der Waals surface area contributed by atoms with Crippen LogP contribution in [0.3, 0.4) is 0 Å². The Labute approximate surface area is 153 Å². The largest absolute Gasteiger partial charge is 0.344 e. The molecular formula is C20H22ClN3O. The molecule has 0 saturated carbocycles. The van der Waals surface area contributed by atoms with Crippen molar-refractivity contribution in [2.45, 2.75) is 12.5 Å². The minimum absolute atomic E-state index is 0. The lowest BCUT2D eigenvalue weighted by atomic mass is 10.1. The van der Waals surface area contributed by atoms with Crippen molar-refractivity contribution in [3.8, 4) is 0 Å². The fraction of sp³-hybridized carbons (Fsp3) is 0.350. The summed E-state index contributed by atoms with van der Waals surface area (Å²) in [5, 5.41) is 5.89.